The van der Waals surface area contributed by atoms with Gasteiger partial charge in [-0.15, -0.1) is 11.3 Å². The van der Waals surface area contributed by atoms with Gasteiger partial charge in [-0.05, 0) is 28.1 Å². The monoisotopic (exact) mass is 341 g/mol. The van der Waals surface area contributed by atoms with Gasteiger partial charge >= 0.3 is 6.03 Å². The Labute approximate surface area is 142 Å². The zero-order valence-electron chi connectivity index (χ0n) is 12.8. The molecule has 2 unspecified atom stereocenters. The molecule has 3 heterocycles. The molecule has 1 fully saturated rings. The summed E-state index contributed by atoms with van der Waals surface area (Å²) in [6.45, 7) is 1.15. The Bertz CT molecular complexity index is 802. The lowest BCUT2D eigenvalue weighted by atomic mass is 10.00. The molecule has 1 saturated heterocycles. The maximum absolute atomic E-state index is 12.7. The predicted molar refractivity (Wildman–Crippen MR) is 89.0 cm³/mol. The van der Waals surface area contributed by atoms with Crippen molar-refractivity contribution in [2.75, 3.05) is 13.1 Å². The third-order valence-electron chi connectivity index (χ3n) is 4.38. The van der Waals surface area contributed by atoms with Gasteiger partial charge in [0.2, 0.25) is 0 Å². The first-order valence-corrected chi connectivity index (χ1v) is 8.52. The van der Waals surface area contributed by atoms with E-state index in [-0.39, 0.29) is 24.7 Å². The van der Waals surface area contributed by atoms with E-state index in [2.05, 4.69) is 10.0 Å². The number of amides is 2. The quantitative estimate of drug-likeness (QED) is 0.467. The Morgan fingerprint density at radius 2 is 2.17 bits per heavy atom. The average Bonchev–Trinajstić information content (AvgIpc) is 3.20. The molecule has 2 atom stereocenters. The maximum atomic E-state index is 12.7. The number of hydrogen-bond acceptors (Lipinski definition) is 4. The van der Waals surface area contributed by atoms with Gasteiger partial charge < -0.3 is 4.90 Å². The van der Waals surface area contributed by atoms with Gasteiger partial charge in [0.05, 0.1) is 19.1 Å². The van der Waals surface area contributed by atoms with Gasteiger partial charge in [0.15, 0.2) is 0 Å². The lowest BCUT2D eigenvalue weighted by molar-refractivity contribution is -0.141. The van der Waals surface area contributed by atoms with Crippen molar-refractivity contribution in [3.63, 3.8) is 0 Å². The van der Waals surface area contributed by atoms with Crippen LogP contribution in [-0.2, 0) is 11.4 Å². The number of carbonyl (C=O) groups excluding carboxylic acids is 1. The molecule has 0 N–H and O–H groups in total. The van der Waals surface area contributed by atoms with Crippen LogP contribution in [0.4, 0.5) is 4.79 Å². The van der Waals surface area contributed by atoms with Gasteiger partial charge in [0.25, 0.3) is 0 Å². The number of azide groups is 1. The standard InChI is InChI=1S/C16H15N5O2S/c17-19-18-8-13-15-12(6-7-24-15)14-9-20(13)16(22)21(14)23-10-11-4-2-1-3-5-11/h1-7,13-14H,8-10H2. The van der Waals surface area contributed by atoms with Gasteiger partial charge in [0, 0.05) is 9.79 Å². The van der Waals surface area contributed by atoms with Gasteiger partial charge in [-0.2, -0.15) is 5.06 Å². The Balaban J connectivity index is 1.59. The molecule has 24 heavy (non-hydrogen) atoms. The third-order valence-corrected chi connectivity index (χ3v) is 5.42. The van der Waals surface area contributed by atoms with Crippen molar-refractivity contribution in [2.24, 2.45) is 5.11 Å². The van der Waals surface area contributed by atoms with Crippen molar-refractivity contribution in [3.05, 3.63) is 68.2 Å². The summed E-state index contributed by atoms with van der Waals surface area (Å²) in [7, 11) is 0. The molecule has 2 aliphatic heterocycles. The van der Waals surface area contributed by atoms with Crippen molar-refractivity contribution in [2.45, 2.75) is 18.7 Å². The van der Waals surface area contributed by atoms with Crippen molar-refractivity contribution >= 4 is 17.4 Å². The number of thiophene rings is 1. The summed E-state index contributed by atoms with van der Waals surface area (Å²) in [4.78, 5) is 24.2. The van der Waals surface area contributed by atoms with Crippen LogP contribution in [0, 0.1) is 0 Å². The summed E-state index contributed by atoms with van der Waals surface area (Å²) in [5.74, 6) is 0. The van der Waals surface area contributed by atoms with Gasteiger partial charge in [-0.25, -0.2) is 4.79 Å². The molecule has 122 valence electrons. The van der Waals surface area contributed by atoms with E-state index in [4.69, 9.17) is 10.4 Å². The van der Waals surface area contributed by atoms with E-state index in [1.807, 2.05) is 41.8 Å². The third kappa shape index (κ3) is 2.41. The molecule has 2 aromatic rings. The summed E-state index contributed by atoms with van der Waals surface area (Å²) in [6, 6.07) is 11.3. The number of hydroxylamine groups is 2. The number of urea groups is 1. The Morgan fingerprint density at radius 1 is 1.33 bits per heavy atom. The van der Waals surface area contributed by atoms with Crippen LogP contribution >= 0.6 is 11.3 Å². The van der Waals surface area contributed by atoms with Crippen LogP contribution in [0.2, 0.25) is 0 Å². The number of rotatable bonds is 5. The molecule has 2 aliphatic rings. The lowest BCUT2D eigenvalue weighted by Gasteiger charge is -2.29. The van der Waals surface area contributed by atoms with Crippen LogP contribution in [0.5, 0.6) is 0 Å². The fraction of sp³-hybridized carbons (Fsp3) is 0.312. The molecule has 4 rings (SSSR count). The van der Waals surface area contributed by atoms with E-state index >= 15 is 0 Å². The van der Waals surface area contributed by atoms with E-state index < -0.39 is 0 Å². The minimum Gasteiger partial charge on any atom is -0.312 e. The van der Waals surface area contributed by atoms with E-state index in [1.54, 1.807) is 16.2 Å². The van der Waals surface area contributed by atoms with Crippen molar-refractivity contribution in [1.82, 2.24) is 9.96 Å². The molecule has 0 radical (unpaired) electrons. The summed E-state index contributed by atoms with van der Waals surface area (Å²) in [6.07, 6.45) is 0. The van der Waals surface area contributed by atoms with Crippen LogP contribution in [0.3, 0.4) is 0 Å². The molecule has 7 nitrogen and oxygen atoms in total. The predicted octanol–water partition coefficient (Wildman–Crippen LogP) is 4.02. The number of carbonyl (C=O) groups is 1. The zero-order chi connectivity index (χ0) is 16.5. The van der Waals surface area contributed by atoms with Gasteiger partial charge in [-0.1, -0.05) is 35.4 Å². The van der Waals surface area contributed by atoms with Crippen molar-refractivity contribution in [1.29, 1.82) is 0 Å². The molecule has 2 amide bonds. The van der Waals surface area contributed by atoms with Crippen LogP contribution in [0.15, 0.2) is 46.9 Å². The van der Waals surface area contributed by atoms with Crippen LogP contribution in [-0.4, -0.2) is 29.1 Å². The molecule has 8 heteroatoms. The fourth-order valence-corrected chi connectivity index (χ4v) is 4.32. The van der Waals surface area contributed by atoms with E-state index in [1.165, 1.54) is 5.06 Å². The Kier molecular flexibility index (Phi) is 3.86. The lowest BCUT2D eigenvalue weighted by Crippen LogP contribution is -2.35. The first kappa shape index (κ1) is 15.0. The highest BCUT2D eigenvalue weighted by atomic mass is 32.1. The highest BCUT2D eigenvalue weighted by Crippen LogP contribution is 2.46. The van der Waals surface area contributed by atoms with Crippen molar-refractivity contribution in [3.8, 4) is 0 Å². The molecule has 1 aromatic carbocycles. The normalized spacial score (nSPS) is 21.6. The number of hydrogen-bond donors (Lipinski definition) is 0. The number of benzene rings is 1. The van der Waals surface area contributed by atoms with Crippen molar-refractivity contribution < 1.29 is 9.63 Å². The Morgan fingerprint density at radius 3 is 2.96 bits per heavy atom. The minimum atomic E-state index is -0.204. The fourth-order valence-electron chi connectivity index (χ4n) is 3.26. The number of fused-ring (bicyclic) bond motifs is 4. The Hall–Kier alpha value is -2.54. The molecule has 0 aliphatic carbocycles. The van der Waals surface area contributed by atoms with Crippen LogP contribution in [0.1, 0.15) is 28.1 Å². The van der Waals surface area contributed by atoms with E-state index in [0.29, 0.717) is 13.2 Å². The molecular weight excluding hydrogens is 326 g/mol. The second-order valence-electron chi connectivity index (χ2n) is 5.70. The van der Waals surface area contributed by atoms with Gasteiger partial charge in [0.1, 0.15) is 12.6 Å². The topological polar surface area (TPSA) is 81.5 Å². The summed E-state index contributed by atoms with van der Waals surface area (Å²) in [5, 5.41) is 7.15. The second-order valence-corrected chi connectivity index (χ2v) is 6.65. The van der Waals surface area contributed by atoms with E-state index in [0.717, 1.165) is 16.0 Å². The first-order valence-electron chi connectivity index (χ1n) is 7.64. The molecule has 1 aromatic heterocycles. The summed E-state index contributed by atoms with van der Waals surface area (Å²) in [5.41, 5.74) is 10.7. The highest BCUT2D eigenvalue weighted by molar-refractivity contribution is 7.10. The minimum absolute atomic E-state index is 0.107. The second kappa shape index (κ2) is 6.16. The average molecular weight is 341 g/mol. The SMILES string of the molecule is [N-]=[N+]=NCC1c2sccc2C2CN1C(=O)N2OCc1ccccc1. The first-order chi connectivity index (χ1) is 11.8. The highest BCUT2D eigenvalue weighted by Gasteiger charge is 2.48. The van der Waals surface area contributed by atoms with Crippen LogP contribution < -0.4 is 0 Å². The molecule has 2 bridgehead atoms. The maximum Gasteiger partial charge on any atom is 0.345 e. The molecule has 0 spiro atoms. The summed E-state index contributed by atoms with van der Waals surface area (Å²) >= 11 is 1.59. The smallest absolute Gasteiger partial charge is 0.312 e. The van der Waals surface area contributed by atoms with E-state index in [9.17, 15) is 4.79 Å². The van der Waals surface area contributed by atoms with Crippen LogP contribution in [0.25, 0.3) is 10.4 Å². The van der Waals surface area contributed by atoms with Gasteiger partial charge in [-0.3, -0.25) is 4.84 Å². The zero-order valence-corrected chi connectivity index (χ0v) is 13.6. The summed E-state index contributed by atoms with van der Waals surface area (Å²) < 4.78 is 0. The molecule has 0 saturated carbocycles. The molecular formula is C16H15N5O2S. The number of nitrogens with zero attached hydrogens (tertiary/aromatic N) is 5. The largest absolute Gasteiger partial charge is 0.345 e.